The third-order valence-electron chi connectivity index (χ3n) is 5.18. The summed E-state index contributed by atoms with van der Waals surface area (Å²) in [5.74, 6) is 0.827. The quantitative estimate of drug-likeness (QED) is 0.405. The minimum absolute atomic E-state index is 0.172. The van der Waals surface area contributed by atoms with Crippen molar-refractivity contribution >= 4 is 56.5 Å². The zero-order valence-corrected chi connectivity index (χ0v) is 17.9. The Labute approximate surface area is 177 Å². The number of nitrogens with zero attached hydrogens (tertiary/aromatic N) is 3. The Hall–Kier alpha value is -1.89. The van der Waals surface area contributed by atoms with Gasteiger partial charge in [0, 0.05) is 29.1 Å². The molecule has 1 fully saturated rings. The van der Waals surface area contributed by atoms with Crippen molar-refractivity contribution in [3.8, 4) is 5.75 Å². The van der Waals surface area contributed by atoms with E-state index in [4.69, 9.17) is 27.9 Å². The fraction of sp³-hybridized carbons (Fsp3) is 0.350. The summed E-state index contributed by atoms with van der Waals surface area (Å²) in [5.41, 5.74) is 1.23. The number of anilines is 1. The number of piperidine rings is 1. The van der Waals surface area contributed by atoms with E-state index in [1.807, 2.05) is 0 Å². The van der Waals surface area contributed by atoms with E-state index in [1.165, 1.54) is 10.4 Å². The highest BCUT2D eigenvalue weighted by atomic mass is 35.5. The number of hydrogen-bond donors (Lipinski definition) is 0. The average molecular weight is 436 g/mol. The molecule has 0 N–H and O–H groups in total. The smallest absolute Gasteiger partial charge is 0.314 e. The van der Waals surface area contributed by atoms with Crippen molar-refractivity contribution in [2.45, 2.75) is 26.7 Å². The molecule has 0 saturated carbocycles. The summed E-state index contributed by atoms with van der Waals surface area (Å²) in [6.45, 7) is 5.70. The number of hydrogen-bond acceptors (Lipinski definition) is 6. The van der Waals surface area contributed by atoms with Gasteiger partial charge in [-0.3, -0.25) is 4.79 Å². The van der Waals surface area contributed by atoms with Gasteiger partial charge in [-0.15, -0.1) is 11.3 Å². The number of carbonyl (C=O) groups is 1. The van der Waals surface area contributed by atoms with Crippen LogP contribution in [0.15, 0.2) is 24.5 Å². The first-order valence-electron chi connectivity index (χ1n) is 9.06. The monoisotopic (exact) mass is 435 g/mol. The maximum absolute atomic E-state index is 12.6. The molecule has 3 heterocycles. The number of aromatic nitrogens is 2. The summed E-state index contributed by atoms with van der Waals surface area (Å²) in [6.07, 6.45) is 3.02. The van der Waals surface area contributed by atoms with Crippen LogP contribution in [0.25, 0.3) is 10.2 Å². The second-order valence-corrected chi connectivity index (χ2v) is 8.96. The Kier molecular flexibility index (Phi) is 5.45. The van der Waals surface area contributed by atoms with Gasteiger partial charge >= 0.3 is 5.97 Å². The molecule has 146 valence electrons. The molecule has 1 aliphatic rings. The Bertz CT molecular complexity index is 1050. The second kappa shape index (κ2) is 7.85. The zero-order valence-electron chi connectivity index (χ0n) is 15.5. The van der Waals surface area contributed by atoms with E-state index in [0.29, 0.717) is 28.6 Å². The molecule has 0 amide bonds. The molecule has 5 nitrogen and oxygen atoms in total. The highest BCUT2D eigenvalue weighted by Crippen LogP contribution is 2.36. The van der Waals surface area contributed by atoms with E-state index in [1.54, 1.807) is 35.9 Å². The molecule has 3 aromatic rings. The van der Waals surface area contributed by atoms with Gasteiger partial charge in [-0.2, -0.15) is 0 Å². The maximum Gasteiger partial charge on any atom is 0.314 e. The summed E-state index contributed by atoms with van der Waals surface area (Å²) in [6, 6.07) is 4.85. The van der Waals surface area contributed by atoms with Crippen molar-refractivity contribution in [2.75, 3.05) is 18.0 Å². The molecule has 1 saturated heterocycles. The van der Waals surface area contributed by atoms with Crippen LogP contribution in [0, 0.1) is 19.8 Å². The van der Waals surface area contributed by atoms with Crippen LogP contribution in [-0.2, 0) is 4.79 Å². The van der Waals surface area contributed by atoms with Crippen molar-refractivity contribution in [1.82, 2.24) is 9.97 Å². The lowest BCUT2D eigenvalue weighted by atomic mass is 9.96. The molecule has 4 rings (SSSR count). The Morgan fingerprint density at radius 3 is 2.71 bits per heavy atom. The van der Waals surface area contributed by atoms with Crippen LogP contribution in [0.3, 0.4) is 0 Å². The predicted octanol–water partition coefficient (Wildman–Crippen LogP) is 5.44. The SMILES string of the molecule is Cc1sc2ncnc(N3CCC(C(=O)Oc4cc(Cl)ccc4Cl)CC3)c2c1C. The van der Waals surface area contributed by atoms with Gasteiger partial charge in [-0.25, -0.2) is 9.97 Å². The van der Waals surface area contributed by atoms with Gasteiger partial charge in [0.2, 0.25) is 0 Å². The average Bonchev–Trinajstić information content (AvgIpc) is 2.99. The topological polar surface area (TPSA) is 55.3 Å². The first-order valence-corrected chi connectivity index (χ1v) is 10.6. The lowest BCUT2D eigenvalue weighted by molar-refractivity contribution is -0.139. The molecule has 28 heavy (non-hydrogen) atoms. The number of fused-ring (bicyclic) bond motifs is 1. The van der Waals surface area contributed by atoms with Gasteiger partial charge < -0.3 is 9.64 Å². The third kappa shape index (κ3) is 3.69. The third-order valence-corrected chi connectivity index (χ3v) is 6.84. The lowest BCUT2D eigenvalue weighted by Crippen LogP contribution is -2.38. The van der Waals surface area contributed by atoms with E-state index in [2.05, 4.69) is 28.7 Å². The number of aryl methyl sites for hydroxylation is 2. The molecule has 0 aliphatic carbocycles. The summed E-state index contributed by atoms with van der Waals surface area (Å²) in [7, 11) is 0. The summed E-state index contributed by atoms with van der Waals surface area (Å²) >= 11 is 13.8. The molecular weight excluding hydrogens is 417 g/mol. The Balaban J connectivity index is 1.46. The van der Waals surface area contributed by atoms with Crippen LogP contribution < -0.4 is 9.64 Å². The van der Waals surface area contributed by atoms with Crippen LogP contribution in [-0.4, -0.2) is 29.0 Å². The fourth-order valence-electron chi connectivity index (χ4n) is 3.48. The van der Waals surface area contributed by atoms with E-state index in [9.17, 15) is 4.79 Å². The zero-order chi connectivity index (χ0) is 19.8. The van der Waals surface area contributed by atoms with Crippen LogP contribution in [0.4, 0.5) is 5.82 Å². The van der Waals surface area contributed by atoms with Crippen molar-refractivity contribution in [3.05, 3.63) is 45.0 Å². The van der Waals surface area contributed by atoms with E-state index < -0.39 is 0 Å². The molecule has 1 aromatic carbocycles. The van der Waals surface area contributed by atoms with Crippen molar-refractivity contribution in [3.63, 3.8) is 0 Å². The molecule has 1 aliphatic heterocycles. The van der Waals surface area contributed by atoms with Gasteiger partial charge in [0.15, 0.2) is 5.75 Å². The van der Waals surface area contributed by atoms with Crippen molar-refractivity contribution < 1.29 is 9.53 Å². The van der Waals surface area contributed by atoms with E-state index >= 15 is 0 Å². The first-order chi connectivity index (χ1) is 13.4. The molecular formula is C20H19Cl2N3O2S. The molecule has 0 spiro atoms. The number of benzene rings is 1. The van der Waals surface area contributed by atoms with Crippen LogP contribution in [0.5, 0.6) is 5.75 Å². The normalized spacial score (nSPS) is 15.2. The van der Waals surface area contributed by atoms with Gasteiger partial charge in [0.25, 0.3) is 0 Å². The second-order valence-electron chi connectivity index (χ2n) is 6.92. The summed E-state index contributed by atoms with van der Waals surface area (Å²) < 4.78 is 5.50. The maximum atomic E-state index is 12.6. The Morgan fingerprint density at radius 1 is 1.21 bits per heavy atom. The van der Waals surface area contributed by atoms with Gasteiger partial charge in [-0.1, -0.05) is 23.2 Å². The lowest BCUT2D eigenvalue weighted by Gasteiger charge is -2.32. The number of ether oxygens (including phenoxy) is 1. The minimum atomic E-state index is -0.265. The van der Waals surface area contributed by atoms with Crippen molar-refractivity contribution in [2.24, 2.45) is 5.92 Å². The highest BCUT2D eigenvalue weighted by molar-refractivity contribution is 7.18. The largest absolute Gasteiger partial charge is 0.425 e. The van der Waals surface area contributed by atoms with E-state index in [0.717, 1.165) is 29.1 Å². The van der Waals surface area contributed by atoms with Crippen molar-refractivity contribution in [1.29, 1.82) is 0 Å². The number of halogens is 2. The number of rotatable bonds is 3. The number of carbonyl (C=O) groups excluding carboxylic acids is 1. The van der Waals surface area contributed by atoms with Gasteiger partial charge in [-0.05, 0) is 44.4 Å². The van der Waals surface area contributed by atoms with E-state index in [-0.39, 0.29) is 11.9 Å². The van der Waals surface area contributed by atoms with Crippen LogP contribution >= 0.6 is 34.5 Å². The molecule has 0 atom stereocenters. The number of esters is 1. The molecule has 2 aromatic heterocycles. The minimum Gasteiger partial charge on any atom is -0.425 e. The first kappa shape index (κ1) is 19.4. The number of thiophene rings is 1. The standard InChI is InChI=1S/C20H19Cl2N3O2S/c1-11-12(2)28-19-17(11)18(23-10-24-19)25-7-5-13(6-8-25)20(26)27-16-9-14(21)3-4-15(16)22/h3-4,9-10,13H,5-8H2,1-2H3. The summed E-state index contributed by atoms with van der Waals surface area (Å²) in [4.78, 5) is 26.0. The molecule has 0 unspecified atom stereocenters. The molecule has 0 radical (unpaired) electrons. The van der Waals surface area contributed by atoms with Gasteiger partial charge in [0.05, 0.1) is 16.3 Å². The predicted molar refractivity (Wildman–Crippen MR) is 114 cm³/mol. The fourth-order valence-corrected chi connectivity index (χ4v) is 4.79. The van der Waals surface area contributed by atoms with Gasteiger partial charge in [0.1, 0.15) is 17.0 Å². The van der Waals surface area contributed by atoms with Crippen LogP contribution in [0.1, 0.15) is 23.3 Å². The summed E-state index contributed by atoms with van der Waals surface area (Å²) in [5, 5.41) is 1.98. The molecule has 0 bridgehead atoms. The highest BCUT2D eigenvalue weighted by Gasteiger charge is 2.29. The van der Waals surface area contributed by atoms with Crippen LogP contribution in [0.2, 0.25) is 10.0 Å². The molecule has 8 heteroatoms. The Morgan fingerprint density at radius 2 is 1.96 bits per heavy atom.